The standard InChI is InChI=1S/C14H11ClN2O2S/c15-11-6-5-9(17(18)19)7-12(11)16-13-8-20-14-4-2-1-3-10(13)14/h1-7,13,16H,8H2. The first-order chi connectivity index (χ1) is 9.65. The summed E-state index contributed by atoms with van der Waals surface area (Å²) in [7, 11) is 0. The number of hydrogen-bond acceptors (Lipinski definition) is 4. The summed E-state index contributed by atoms with van der Waals surface area (Å²) in [5.74, 6) is 0.887. The molecule has 1 atom stereocenters. The molecule has 20 heavy (non-hydrogen) atoms. The fourth-order valence-corrected chi connectivity index (χ4v) is 3.54. The van der Waals surface area contributed by atoms with Crippen LogP contribution in [0.25, 0.3) is 0 Å². The topological polar surface area (TPSA) is 55.2 Å². The van der Waals surface area contributed by atoms with Gasteiger partial charge in [-0.3, -0.25) is 10.1 Å². The largest absolute Gasteiger partial charge is 0.376 e. The Balaban J connectivity index is 1.89. The van der Waals surface area contributed by atoms with Gasteiger partial charge in [0.2, 0.25) is 0 Å². The summed E-state index contributed by atoms with van der Waals surface area (Å²) in [6.07, 6.45) is 0. The molecule has 0 aromatic heterocycles. The van der Waals surface area contributed by atoms with Crippen molar-refractivity contribution in [3.63, 3.8) is 0 Å². The summed E-state index contributed by atoms with van der Waals surface area (Å²) >= 11 is 7.89. The molecular weight excluding hydrogens is 296 g/mol. The highest BCUT2D eigenvalue weighted by atomic mass is 35.5. The SMILES string of the molecule is O=[N+]([O-])c1ccc(Cl)c(NC2CSc3ccccc32)c1. The van der Waals surface area contributed by atoms with Gasteiger partial charge in [-0.25, -0.2) is 0 Å². The van der Waals surface area contributed by atoms with Gasteiger partial charge in [0.15, 0.2) is 0 Å². The van der Waals surface area contributed by atoms with Crippen molar-refractivity contribution in [3.05, 3.63) is 63.2 Å². The number of halogens is 1. The molecule has 2 aromatic carbocycles. The van der Waals surface area contributed by atoms with Crippen LogP contribution in [0.4, 0.5) is 11.4 Å². The Morgan fingerprint density at radius 1 is 1.30 bits per heavy atom. The average molecular weight is 307 g/mol. The van der Waals surface area contributed by atoms with E-state index >= 15 is 0 Å². The number of benzene rings is 2. The summed E-state index contributed by atoms with van der Waals surface area (Å²) in [5.41, 5.74) is 1.85. The van der Waals surface area contributed by atoms with E-state index in [9.17, 15) is 10.1 Å². The second-order valence-electron chi connectivity index (χ2n) is 4.47. The first-order valence-corrected chi connectivity index (χ1v) is 7.44. The van der Waals surface area contributed by atoms with Gasteiger partial charge in [-0.2, -0.15) is 0 Å². The number of non-ortho nitro benzene ring substituents is 1. The number of nitro groups is 1. The van der Waals surface area contributed by atoms with E-state index in [1.807, 2.05) is 12.1 Å². The second-order valence-corrected chi connectivity index (χ2v) is 5.94. The van der Waals surface area contributed by atoms with Gasteiger partial charge in [0.1, 0.15) is 0 Å². The lowest BCUT2D eigenvalue weighted by molar-refractivity contribution is -0.384. The molecule has 0 aliphatic carbocycles. The Labute approximate surface area is 125 Å². The second kappa shape index (κ2) is 5.34. The fourth-order valence-electron chi connectivity index (χ4n) is 2.21. The van der Waals surface area contributed by atoms with Crippen LogP contribution in [0.3, 0.4) is 0 Å². The number of nitro benzene ring substituents is 1. The third-order valence-electron chi connectivity index (χ3n) is 3.19. The van der Waals surface area contributed by atoms with Gasteiger partial charge in [-0.1, -0.05) is 29.8 Å². The molecule has 1 aliphatic rings. The lowest BCUT2D eigenvalue weighted by Gasteiger charge is -2.15. The van der Waals surface area contributed by atoms with E-state index in [1.165, 1.54) is 22.6 Å². The van der Waals surface area contributed by atoms with E-state index in [2.05, 4.69) is 17.4 Å². The molecule has 4 nitrogen and oxygen atoms in total. The molecule has 0 fully saturated rings. The molecule has 1 aliphatic heterocycles. The van der Waals surface area contributed by atoms with Crippen molar-refractivity contribution < 1.29 is 4.92 Å². The van der Waals surface area contributed by atoms with Crippen molar-refractivity contribution in [1.82, 2.24) is 0 Å². The minimum absolute atomic E-state index is 0.0378. The van der Waals surface area contributed by atoms with Crippen molar-refractivity contribution in [2.45, 2.75) is 10.9 Å². The summed E-state index contributed by atoms with van der Waals surface area (Å²) in [5, 5.41) is 14.6. The normalized spacial score (nSPS) is 16.8. The molecule has 0 spiro atoms. The van der Waals surface area contributed by atoms with Crippen LogP contribution < -0.4 is 5.32 Å². The van der Waals surface area contributed by atoms with Gasteiger partial charge in [0, 0.05) is 22.8 Å². The molecule has 6 heteroatoms. The molecule has 0 radical (unpaired) electrons. The molecule has 1 N–H and O–H groups in total. The zero-order chi connectivity index (χ0) is 14.1. The van der Waals surface area contributed by atoms with Crippen LogP contribution in [0.2, 0.25) is 5.02 Å². The minimum atomic E-state index is -0.418. The summed E-state index contributed by atoms with van der Waals surface area (Å²) in [6, 6.07) is 12.7. The van der Waals surface area contributed by atoms with Gasteiger partial charge in [-0.05, 0) is 17.7 Å². The smallest absolute Gasteiger partial charge is 0.271 e. The van der Waals surface area contributed by atoms with Crippen LogP contribution in [0, 0.1) is 10.1 Å². The molecule has 102 valence electrons. The molecule has 0 saturated carbocycles. The van der Waals surface area contributed by atoms with E-state index < -0.39 is 4.92 Å². The van der Waals surface area contributed by atoms with Crippen molar-refractivity contribution >= 4 is 34.7 Å². The first kappa shape index (κ1) is 13.3. The Morgan fingerprint density at radius 2 is 2.10 bits per heavy atom. The lowest BCUT2D eigenvalue weighted by atomic mass is 10.1. The van der Waals surface area contributed by atoms with Gasteiger partial charge >= 0.3 is 0 Å². The van der Waals surface area contributed by atoms with Gasteiger partial charge in [0.05, 0.1) is 21.7 Å². The van der Waals surface area contributed by atoms with Crippen LogP contribution in [0.15, 0.2) is 47.4 Å². The molecule has 2 aromatic rings. The predicted molar refractivity (Wildman–Crippen MR) is 81.6 cm³/mol. The van der Waals surface area contributed by atoms with Crippen molar-refractivity contribution in [2.75, 3.05) is 11.1 Å². The maximum atomic E-state index is 10.8. The van der Waals surface area contributed by atoms with E-state index in [0.717, 1.165) is 5.75 Å². The summed E-state index contributed by atoms with van der Waals surface area (Å²) in [6.45, 7) is 0. The van der Waals surface area contributed by atoms with Crippen LogP contribution >= 0.6 is 23.4 Å². The Morgan fingerprint density at radius 3 is 2.90 bits per heavy atom. The van der Waals surface area contributed by atoms with E-state index in [1.54, 1.807) is 17.8 Å². The molecule has 3 rings (SSSR count). The monoisotopic (exact) mass is 306 g/mol. The molecular formula is C14H11ClN2O2S. The Hall–Kier alpha value is -1.72. The minimum Gasteiger partial charge on any atom is -0.376 e. The van der Waals surface area contributed by atoms with E-state index in [-0.39, 0.29) is 11.7 Å². The number of nitrogens with zero attached hydrogens (tertiary/aromatic N) is 1. The lowest BCUT2D eigenvalue weighted by Crippen LogP contribution is -2.10. The fraction of sp³-hybridized carbons (Fsp3) is 0.143. The van der Waals surface area contributed by atoms with Gasteiger partial charge in [-0.15, -0.1) is 11.8 Å². The number of hydrogen-bond donors (Lipinski definition) is 1. The third kappa shape index (κ3) is 2.46. The highest BCUT2D eigenvalue weighted by Crippen LogP contribution is 2.40. The Bertz CT molecular complexity index is 678. The Kier molecular flexibility index (Phi) is 3.54. The summed E-state index contributed by atoms with van der Waals surface area (Å²) in [4.78, 5) is 11.7. The number of rotatable bonds is 3. The molecule has 0 amide bonds. The zero-order valence-electron chi connectivity index (χ0n) is 10.4. The maximum Gasteiger partial charge on any atom is 0.271 e. The number of fused-ring (bicyclic) bond motifs is 1. The van der Waals surface area contributed by atoms with Crippen molar-refractivity contribution in [3.8, 4) is 0 Å². The zero-order valence-corrected chi connectivity index (χ0v) is 11.9. The molecule has 1 unspecified atom stereocenters. The number of anilines is 1. The highest BCUT2D eigenvalue weighted by molar-refractivity contribution is 7.99. The quantitative estimate of drug-likeness (QED) is 0.669. The maximum absolute atomic E-state index is 10.8. The molecule has 0 saturated heterocycles. The van der Waals surface area contributed by atoms with Gasteiger partial charge in [0.25, 0.3) is 5.69 Å². The van der Waals surface area contributed by atoms with Crippen LogP contribution in [0.1, 0.15) is 11.6 Å². The molecule has 1 heterocycles. The van der Waals surface area contributed by atoms with Crippen LogP contribution in [-0.4, -0.2) is 10.7 Å². The number of thioether (sulfide) groups is 1. The predicted octanol–water partition coefficient (Wildman–Crippen LogP) is 4.51. The van der Waals surface area contributed by atoms with Gasteiger partial charge < -0.3 is 5.32 Å². The average Bonchev–Trinajstić information content (AvgIpc) is 2.84. The highest BCUT2D eigenvalue weighted by Gasteiger charge is 2.23. The third-order valence-corrected chi connectivity index (χ3v) is 4.70. The van der Waals surface area contributed by atoms with Crippen molar-refractivity contribution in [2.24, 2.45) is 0 Å². The summed E-state index contributed by atoms with van der Waals surface area (Å²) < 4.78 is 0. The molecule has 0 bridgehead atoms. The first-order valence-electron chi connectivity index (χ1n) is 6.07. The van der Waals surface area contributed by atoms with Crippen LogP contribution in [0.5, 0.6) is 0 Å². The van der Waals surface area contributed by atoms with Crippen molar-refractivity contribution in [1.29, 1.82) is 0 Å². The van der Waals surface area contributed by atoms with Crippen LogP contribution in [-0.2, 0) is 0 Å². The van der Waals surface area contributed by atoms with E-state index in [4.69, 9.17) is 11.6 Å². The van der Waals surface area contributed by atoms with E-state index in [0.29, 0.717) is 10.7 Å². The number of nitrogens with one attached hydrogen (secondary N) is 1.